The van der Waals surface area contributed by atoms with Gasteiger partial charge in [-0.05, 0) is 45.0 Å². The summed E-state index contributed by atoms with van der Waals surface area (Å²) in [4.78, 5) is 35.9. The number of nitrogens with one attached hydrogen (secondary N) is 2. The maximum atomic E-state index is 12.1. The van der Waals surface area contributed by atoms with E-state index in [4.69, 9.17) is 9.47 Å². The van der Waals surface area contributed by atoms with Crippen molar-refractivity contribution in [3.8, 4) is 5.75 Å². The van der Waals surface area contributed by atoms with Crippen LogP contribution < -0.4 is 15.4 Å². The molecule has 2 rings (SSSR count). The predicted molar refractivity (Wildman–Crippen MR) is 105 cm³/mol. The van der Waals surface area contributed by atoms with Gasteiger partial charge < -0.3 is 20.1 Å². The molecule has 0 saturated heterocycles. The molecule has 2 N–H and O–H groups in total. The van der Waals surface area contributed by atoms with E-state index in [1.54, 1.807) is 36.4 Å². The topological polar surface area (TPSA) is 93.7 Å². The maximum Gasteiger partial charge on any atom is 0.325 e. The molecule has 0 aliphatic rings. The molecule has 0 radical (unpaired) electrons. The highest BCUT2D eigenvalue weighted by atomic mass is 16.5. The smallest absolute Gasteiger partial charge is 0.325 e. The molecule has 0 aliphatic heterocycles. The number of hydrogen-bond acceptors (Lipinski definition) is 5. The van der Waals surface area contributed by atoms with Gasteiger partial charge >= 0.3 is 5.97 Å². The molecule has 0 saturated carbocycles. The third-order valence-electron chi connectivity index (χ3n) is 3.70. The lowest BCUT2D eigenvalue weighted by atomic mass is 10.1. The number of esters is 1. The number of benzene rings is 2. The Kier molecular flexibility index (Phi) is 7.56. The Morgan fingerprint density at radius 2 is 1.68 bits per heavy atom. The van der Waals surface area contributed by atoms with Gasteiger partial charge in [0, 0.05) is 5.56 Å². The molecule has 0 aliphatic carbocycles. The summed E-state index contributed by atoms with van der Waals surface area (Å²) in [5.41, 5.74) is 2.87. The summed E-state index contributed by atoms with van der Waals surface area (Å²) >= 11 is 0. The normalized spacial score (nSPS) is 10.1. The van der Waals surface area contributed by atoms with Gasteiger partial charge in [0.15, 0.2) is 6.61 Å². The van der Waals surface area contributed by atoms with Crippen molar-refractivity contribution in [3.63, 3.8) is 0 Å². The van der Waals surface area contributed by atoms with Crippen molar-refractivity contribution in [1.29, 1.82) is 0 Å². The quantitative estimate of drug-likeness (QED) is 0.683. The van der Waals surface area contributed by atoms with E-state index < -0.39 is 18.5 Å². The Morgan fingerprint density at radius 1 is 1.00 bits per heavy atom. The van der Waals surface area contributed by atoms with Crippen molar-refractivity contribution in [1.82, 2.24) is 5.32 Å². The standard InChI is InChI=1S/C21H24N2O5/c1-4-27-18-8-6-5-7-17(18)23-19(24)13-28-20(25)12-22-21(26)16-10-14(2)9-15(3)11-16/h5-11H,4,12-13H2,1-3H3,(H,22,26)(H,23,24). The Labute approximate surface area is 164 Å². The molecule has 7 nitrogen and oxygen atoms in total. The molecule has 2 amide bonds. The molecule has 0 bridgehead atoms. The van der Waals surface area contributed by atoms with E-state index in [0.717, 1.165) is 11.1 Å². The molecule has 0 atom stereocenters. The first-order valence-corrected chi connectivity index (χ1v) is 8.93. The zero-order valence-corrected chi connectivity index (χ0v) is 16.2. The second-order valence-corrected chi connectivity index (χ2v) is 6.20. The summed E-state index contributed by atoms with van der Waals surface area (Å²) in [6.45, 7) is 5.29. The van der Waals surface area contributed by atoms with Crippen LogP contribution in [0.1, 0.15) is 28.4 Å². The first kappa shape index (κ1) is 21.0. The van der Waals surface area contributed by atoms with Crippen LogP contribution in [0.2, 0.25) is 0 Å². The van der Waals surface area contributed by atoms with Gasteiger partial charge in [-0.25, -0.2) is 0 Å². The average Bonchev–Trinajstić information content (AvgIpc) is 2.65. The number of hydrogen-bond donors (Lipinski definition) is 2. The predicted octanol–water partition coefficient (Wildman–Crippen LogP) is 2.61. The minimum atomic E-state index is -0.703. The molecule has 0 unspecified atom stereocenters. The molecule has 0 spiro atoms. The van der Waals surface area contributed by atoms with Gasteiger partial charge in [-0.1, -0.05) is 29.3 Å². The number of aryl methyl sites for hydroxylation is 2. The fourth-order valence-electron chi connectivity index (χ4n) is 2.59. The van der Waals surface area contributed by atoms with Gasteiger partial charge in [0.05, 0.1) is 12.3 Å². The fraction of sp³-hybridized carbons (Fsp3) is 0.286. The highest BCUT2D eigenvalue weighted by molar-refractivity contribution is 5.97. The number of anilines is 1. The molecule has 0 heterocycles. The summed E-state index contributed by atoms with van der Waals surface area (Å²) in [5, 5.41) is 5.11. The molecule has 0 aromatic heterocycles. The van der Waals surface area contributed by atoms with Crippen LogP contribution in [0.15, 0.2) is 42.5 Å². The van der Waals surface area contributed by atoms with Gasteiger partial charge in [0.2, 0.25) is 0 Å². The number of amides is 2. The number of rotatable bonds is 8. The Balaban J connectivity index is 1.79. The number of ether oxygens (including phenoxy) is 2. The van der Waals surface area contributed by atoms with E-state index >= 15 is 0 Å². The van der Waals surface area contributed by atoms with E-state index in [-0.39, 0.29) is 12.5 Å². The number of para-hydroxylation sites is 2. The molecule has 2 aromatic carbocycles. The first-order chi connectivity index (χ1) is 13.4. The molecular formula is C21H24N2O5. The van der Waals surface area contributed by atoms with Crippen molar-refractivity contribution in [2.45, 2.75) is 20.8 Å². The average molecular weight is 384 g/mol. The van der Waals surface area contributed by atoms with Crippen LogP contribution in [0, 0.1) is 13.8 Å². The fourth-order valence-corrected chi connectivity index (χ4v) is 2.59. The molecule has 2 aromatic rings. The van der Waals surface area contributed by atoms with Gasteiger partial charge in [0.25, 0.3) is 11.8 Å². The van der Waals surface area contributed by atoms with E-state index in [1.807, 2.05) is 26.8 Å². The summed E-state index contributed by atoms with van der Waals surface area (Å²) in [6.07, 6.45) is 0. The zero-order valence-electron chi connectivity index (χ0n) is 16.2. The number of carbonyl (C=O) groups excluding carboxylic acids is 3. The molecule has 0 fully saturated rings. The van der Waals surface area contributed by atoms with E-state index in [9.17, 15) is 14.4 Å². The van der Waals surface area contributed by atoms with Gasteiger partial charge in [-0.2, -0.15) is 0 Å². The largest absolute Gasteiger partial charge is 0.492 e. The van der Waals surface area contributed by atoms with Crippen molar-refractivity contribution < 1.29 is 23.9 Å². The Bertz CT molecular complexity index is 843. The van der Waals surface area contributed by atoms with Gasteiger partial charge in [-0.3, -0.25) is 14.4 Å². The molecule has 28 heavy (non-hydrogen) atoms. The maximum absolute atomic E-state index is 12.1. The monoisotopic (exact) mass is 384 g/mol. The van der Waals surface area contributed by atoms with E-state index in [2.05, 4.69) is 10.6 Å². The highest BCUT2D eigenvalue weighted by Crippen LogP contribution is 2.23. The van der Waals surface area contributed by atoms with Crippen LogP contribution in [-0.2, 0) is 14.3 Å². The van der Waals surface area contributed by atoms with Gasteiger partial charge in [0.1, 0.15) is 12.3 Å². The summed E-state index contributed by atoms with van der Waals surface area (Å²) in [5.74, 6) is -1.05. The van der Waals surface area contributed by atoms with Crippen LogP contribution in [0.25, 0.3) is 0 Å². The minimum Gasteiger partial charge on any atom is -0.492 e. The van der Waals surface area contributed by atoms with Crippen LogP contribution in [0.5, 0.6) is 5.75 Å². The lowest BCUT2D eigenvalue weighted by Crippen LogP contribution is -2.32. The Morgan fingerprint density at radius 3 is 2.36 bits per heavy atom. The third-order valence-corrected chi connectivity index (χ3v) is 3.70. The highest BCUT2D eigenvalue weighted by Gasteiger charge is 2.13. The molecule has 148 valence electrons. The van der Waals surface area contributed by atoms with E-state index in [0.29, 0.717) is 23.6 Å². The summed E-state index contributed by atoms with van der Waals surface area (Å²) in [7, 11) is 0. The van der Waals surface area contributed by atoms with Crippen molar-refractivity contribution >= 4 is 23.5 Å². The summed E-state index contributed by atoms with van der Waals surface area (Å²) < 4.78 is 10.3. The number of carbonyl (C=O) groups is 3. The second kappa shape index (κ2) is 10.1. The SMILES string of the molecule is CCOc1ccccc1NC(=O)COC(=O)CNC(=O)c1cc(C)cc(C)c1. The lowest BCUT2D eigenvalue weighted by molar-refractivity contribution is -0.146. The van der Waals surface area contributed by atoms with Crippen molar-refractivity contribution in [2.75, 3.05) is 25.1 Å². The van der Waals surface area contributed by atoms with Gasteiger partial charge in [-0.15, -0.1) is 0 Å². The Hall–Kier alpha value is -3.35. The van der Waals surface area contributed by atoms with E-state index in [1.165, 1.54) is 0 Å². The summed E-state index contributed by atoms with van der Waals surface area (Å²) in [6, 6.07) is 12.4. The third kappa shape index (κ3) is 6.42. The van der Waals surface area contributed by atoms with Crippen LogP contribution in [0.3, 0.4) is 0 Å². The second-order valence-electron chi connectivity index (χ2n) is 6.20. The van der Waals surface area contributed by atoms with Crippen molar-refractivity contribution in [2.24, 2.45) is 0 Å². The molecular weight excluding hydrogens is 360 g/mol. The minimum absolute atomic E-state index is 0.325. The van der Waals surface area contributed by atoms with Crippen LogP contribution in [-0.4, -0.2) is 37.5 Å². The van der Waals surface area contributed by atoms with Crippen LogP contribution in [0.4, 0.5) is 5.69 Å². The molecule has 7 heteroatoms. The zero-order chi connectivity index (χ0) is 20.5. The van der Waals surface area contributed by atoms with Crippen LogP contribution >= 0.6 is 0 Å². The lowest BCUT2D eigenvalue weighted by Gasteiger charge is -2.11. The first-order valence-electron chi connectivity index (χ1n) is 8.93. The van der Waals surface area contributed by atoms with Crippen molar-refractivity contribution in [3.05, 3.63) is 59.2 Å².